The number of nitrogens with zero attached hydrogens (tertiary/aromatic N) is 5. The normalized spacial score (nSPS) is 11.4. The Labute approximate surface area is 187 Å². The molecule has 0 saturated heterocycles. The van der Waals surface area contributed by atoms with Gasteiger partial charge in [-0.2, -0.15) is 5.10 Å². The predicted octanol–water partition coefficient (Wildman–Crippen LogP) is 4.16. The number of aromatic nitrogens is 3. The van der Waals surface area contributed by atoms with E-state index in [1.807, 2.05) is 23.6 Å². The van der Waals surface area contributed by atoms with Crippen molar-refractivity contribution in [3.05, 3.63) is 69.2 Å². The van der Waals surface area contributed by atoms with Gasteiger partial charge in [0.15, 0.2) is 11.0 Å². The van der Waals surface area contributed by atoms with Crippen molar-refractivity contribution in [1.82, 2.24) is 20.2 Å². The summed E-state index contributed by atoms with van der Waals surface area (Å²) in [5.41, 5.74) is 4.59. The Hall–Kier alpha value is -3.24. The summed E-state index contributed by atoms with van der Waals surface area (Å²) in [4.78, 5) is 22.5. The maximum atomic E-state index is 12.2. The molecule has 1 N–H and O–H groups in total. The first-order chi connectivity index (χ1) is 14.9. The van der Waals surface area contributed by atoms with Crippen molar-refractivity contribution < 1.29 is 9.72 Å². The van der Waals surface area contributed by atoms with Crippen molar-refractivity contribution in [2.24, 2.45) is 5.10 Å². The van der Waals surface area contributed by atoms with Gasteiger partial charge in [0.2, 0.25) is 0 Å². The van der Waals surface area contributed by atoms with E-state index in [-0.39, 0.29) is 17.3 Å². The van der Waals surface area contributed by atoms with Gasteiger partial charge in [-0.1, -0.05) is 23.4 Å². The van der Waals surface area contributed by atoms with E-state index >= 15 is 0 Å². The van der Waals surface area contributed by atoms with Crippen LogP contribution in [0.4, 0.5) is 5.69 Å². The summed E-state index contributed by atoms with van der Waals surface area (Å²) in [5, 5.41) is 24.5. The van der Waals surface area contributed by atoms with E-state index in [0.29, 0.717) is 33.8 Å². The molecule has 1 amide bonds. The smallest absolute Gasteiger partial charge is 0.269 e. The summed E-state index contributed by atoms with van der Waals surface area (Å²) < 4.78 is 1.92. The first-order valence-electron chi connectivity index (χ1n) is 9.29. The molecule has 1 aromatic heterocycles. The summed E-state index contributed by atoms with van der Waals surface area (Å²) in [5.74, 6) is 0.509. The molecule has 0 atom stereocenters. The number of nitro benzene ring substituents is 1. The van der Waals surface area contributed by atoms with Crippen LogP contribution in [0.3, 0.4) is 0 Å². The van der Waals surface area contributed by atoms with Crippen LogP contribution in [0.25, 0.3) is 11.4 Å². The van der Waals surface area contributed by atoms with E-state index in [0.717, 1.165) is 5.56 Å². The van der Waals surface area contributed by atoms with Crippen LogP contribution in [-0.2, 0) is 11.3 Å². The van der Waals surface area contributed by atoms with Gasteiger partial charge in [-0.25, -0.2) is 5.43 Å². The van der Waals surface area contributed by atoms with Crippen LogP contribution in [0, 0.1) is 10.1 Å². The van der Waals surface area contributed by atoms with Crippen LogP contribution >= 0.6 is 23.4 Å². The number of thioether (sulfide) groups is 1. The fourth-order valence-corrected chi connectivity index (χ4v) is 3.61. The van der Waals surface area contributed by atoms with E-state index < -0.39 is 4.92 Å². The Balaban J connectivity index is 1.61. The van der Waals surface area contributed by atoms with Crippen LogP contribution in [0.15, 0.2) is 58.8 Å². The summed E-state index contributed by atoms with van der Waals surface area (Å²) in [6, 6.07) is 13.3. The minimum Gasteiger partial charge on any atom is -0.302 e. The zero-order valence-corrected chi connectivity index (χ0v) is 18.4. The fraction of sp³-hybridized carbons (Fsp3) is 0.200. The van der Waals surface area contributed by atoms with Crippen molar-refractivity contribution in [2.45, 2.75) is 25.5 Å². The maximum absolute atomic E-state index is 12.2. The van der Waals surface area contributed by atoms with Gasteiger partial charge in [0.25, 0.3) is 11.6 Å². The molecule has 3 rings (SSSR count). The number of carbonyl (C=O) groups excluding carboxylic acids is 1. The molecule has 0 saturated carbocycles. The Kier molecular flexibility index (Phi) is 7.37. The molecule has 0 fully saturated rings. The lowest BCUT2D eigenvalue weighted by molar-refractivity contribution is -0.384. The second-order valence-electron chi connectivity index (χ2n) is 6.38. The van der Waals surface area contributed by atoms with E-state index in [4.69, 9.17) is 11.6 Å². The molecule has 2 aromatic carbocycles. The Morgan fingerprint density at radius 2 is 1.87 bits per heavy atom. The first-order valence-corrected chi connectivity index (χ1v) is 10.6. The van der Waals surface area contributed by atoms with E-state index in [1.165, 1.54) is 23.9 Å². The predicted molar refractivity (Wildman–Crippen MR) is 120 cm³/mol. The molecule has 0 aliphatic rings. The largest absolute Gasteiger partial charge is 0.302 e. The number of benzene rings is 2. The second-order valence-corrected chi connectivity index (χ2v) is 7.76. The number of carbonyl (C=O) groups is 1. The van der Waals surface area contributed by atoms with Gasteiger partial charge in [-0.15, -0.1) is 10.2 Å². The molecule has 0 spiro atoms. The SMILES string of the molecule is CCn1c(SCC(=O)N/N=C(/C)c2ccc([N+](=O)[O-])cc2)nnc1-c1ccc(Cl)cc1. The molecular formula is C20H19ClN6O3S. The topological polar surface area (TPSA) is 115 Å². The van der Waals surface area contributed by atoms with Crippen molar-refractivity contribution in [3.63, 3.8) is 0 Å². The van der Waals surface area contributed by atoms with Crippen LogP contribution in [0.2, 0.25) is 5.02 Å². The Morgan fingerprint density at radius 1 is 1.19 bits per heavy atom. The van der Waals surface area contributed by atoms with Gasteiger partial charge in [-0.05, 0) is 55.8 Å². The molecule has 0 aliphatic heterocycles. The third-order valence-corrected chi connectivity index (χ3v) is 5.53. The van der Waals surface area contributed by atoms with Gasteiger partial charge in [0, 0.05) is 29.3 Å². The van der Waals surface area contributed by atoms with Crippen LogP contribution in [0.5, 0.6) is 0 Å². The number of rotatable bonds is 8. The number of halogens is 1. The summed E-state index contributed by atoms with van der Waals surface area (Å²) in [7, 11) is 0. The van der Waals surface area contributed by atoms with Gasteiger partial charge < -0.3 is 4.57 Å². The number of amides is 1. The minimum absolute atomic E-state index is 0.00464. The second kappa shape index (κ2) is 10.2. The van der Waals surface area contributed by atoms with E-state index in [1.54, 1.807) is 31.2 Å². The molecule has 160 valence electrons. The highest BCUT2D eigenvalue weighted by atomic mass is 35.5. The van der Waals surface area contributed by atoms with Crippen molar-refractivity contribution >= 4 is 40.7 Å². The monoisotopic (exact) mass is 458 g/mol. The van der Waals surface area contributed by atoms with E-state index in [2.05, 4.69) is 20.7 Å². The van der Waals surface area contributed by atoms with Gasteiger partial charge in [0.1, 0.15) is 0 Å². The number of hydrogen-bond donors (Lipinski definition) is 1. The maximum Gasteiger partial charge on any atom is 0.269 e. The summed E-state index contributed by atoms with van der Waals surface area (Å²) >= 11 is 7.20. The third kappa shape index (κ3) is 5.68. The van der Waals surface area contributed by atoms with Gasteiger partial charge in [-0.3, -0.25) is 14.9 Å². The van der Waals surface area contributed by atoms with Crippen molar-refractivity contribution in [1.29, 1.82) is 0 Å². The number of hydrogen-bond acceptors (Lipinski definition) is 7. The lowest BCUT2D eigenvalue weighted by Crippen LogP contribution is -2.21. The lowest BCUT2D eigenvalue weighted by atomic mass is 10.1. The Bertz CT molecular complexity index is 1110. The molecule has 0 radical (unpaired) electrons. The fourth-order valence-electron chi connectivity index (χ4n) is 2.69. The van der Waals surface area contributed by atoms with Crippen LogP contribution in [0.1, 0.15) is 19.4 Å². The van der Waals surface area contributed by atoms with Gasteiger partial charge >= 0.3 is 0 Å². The number of non-ortho nitro benzene ring substituents is 1. The highest BCUT2D eigenvalue weighted by Gasteiger charge is 2.14. The standard InChI is InChI=1S/C20H19ClN6O3S/c1-3-26-19(15-4-8-16(21)9-5-15)24-25-20(26)31-12-18(28)23-22-13(2)14-6-10-17(11-7-14)27(29)30/h4-11H,3,12H2,1-2H3,(H,23,28)/b22-13-. The number of nitro groups is 1. The molecule has 0 aliphatic carbocycles. The molecule has 31 heavy (non-hydrogen) atoms. The molecule has 1 heterocycles. The quantitative estimate of drug-likeness (QED) is 0.234. The molecular weight excluding hydrogens is 440 g/mol. The first kappa shape index (κ1) is 22.4. The molecule has 3 aromatic rings. The summed E-state index contributed by atoms with van der Waals surface area (Å²) in [6.07, 6.45) is 0. The highest BCUT2D eigenvalue weighted by molar-refractivity contribution is 7.99. The Morgan fingerprint density at radius 3 is 2.48 bits per heavy atom. The van der Waals surface area contributed by atoms with Crippen molar-refractivity contribution in [3.8, 4) is 11.4 Å². The average Bonchev–Trinajstić information content (AvgIpc) is 3.19. The van der Waals surface area contributed by atoms with Crippen LogP contribution < -0.4 is 5.43 Å². The lowest BCUT2D eigenvalue weighted by Gasteiger charge is -2.07. The number of hydrazone groups is 1. The summed E-state index contributed by atoms with van der Waals surface area (Å²) in [6.45, 7) is 4.33. The van der Waals surface area contributed by atoms with Crippen LogP contribution in [-0.4, -0.2) is 37.1 Å². The average molecular weight is 459 g/mol. The zero-order chi connectivity index (χ0) is 22.4. The number of nitrogens with one attached hydrogen (secondary N) is 1. The van der Waals surface area contributed by atoms with Crippen molar-refractivity contribution in [2.75, 3.05) is 5.75 Å². The van der Waals surface area contributed by atoms with Gasteiger partial charge in [0.05, 0.1) is 16.4 Å². The molecule has 9 nitrogen and oxygen atoms in total. The van der Waals surface area contributed by atoms with E-state index in [9.17, 15) is 14.9 Å². The molecule has 0 bridgehead atoms. The third-order valence-electron chi connectivity index (χ3n) is 4.31. The molecule has 0 unspecified atom stereocenters. The zero-order valence-electron chi connectivity index (χ0n) is 16.8. The molecule has 11 heteroatoms. The highest BCUT2D eigenvalue weighted by Crippen LogP contribution is 2.25. The minimum atomic E-state index is -0.470.